The molecule has 114 valence electrons. The molecule has 0 spiro atoms. The molecule has 2 N–H and O–H groups in total. The Morgan fingerprint density at radius 3 is 2.95 bits per heavy atom. The number of carbonyl (C=O) groups is 1. The summed E-state index contributed by atoms with van der Waals surface area (Å²) in [5.41, 5.74) is 2.79. The largest absolute Gasteiger partial charge is 0.351 e. The van der Waals surface area contributed by atoms with Gasteiger partial charge in [-0.1, -0.05) is 24.3 Å². The molecule has 1 aromatic rings. The van der Waals surface area contributed by atoms with Crippen molar-refractivity contribution < 1.29 is 4.79 Å². The van der Waals surface area contributed by atoms with Gasteiger partial charge in [-0.2, -0.15) is 0 Å². The first kappa shape index (κ1) is 14.5. The van der Waals surface area contributed by atoms with Crippen molar-refractivity contribution in [3.63, 3.8) is 0 Å². The van der Waals surface area contributed by atoms with E-state index < -0.39 is 0 Å². The molecule has 0 bridgehead atoms. The van der Waals surface area contributed by atoms with Gasteiger partial charge in [0.25, 0.3) is 0 Å². The standard InChI is InChI=1S/C17H25N3O/c1-13(17(21)19-16-7-4-9-18-11-16)20-10-8-14-5-2-3-6-15(14)12-20/h2-3,5-6,13,16,18H,4,7-12H2,1H3,(H,19,21). The van der Waals surface area contributed by atoms with Gasteiger partial charge in [-0.15, -0.1) is 0 Å². The van der Waals surface area contributed by atoms with Gasteiger partial charge in [0.2, 0.25) is 5.91 Å². The Bertz CT molecular complexity index is 497. The molecule has 21 heavy (non-hydrogen) atoms. The zero-order valence-electron chi connectivity index (χ0n) is 12.8. The maximum atomic E-state index is 12.4. The number of benzene rings is 1. The summed E-state index contributed by atoms with van der Waals surface area (Å²) >= 11 is 0. The summed E-state index contributed by atoms with van der Waals surface area (Å²) in [6.07, 6.45) is 3.28. The summed E-state index contributed by atoms with van der Waals surface area (Å²) in [6.45, 7) is 5.86. The van der Waals surface area contributed by atoms with E-state index in [9.17, 15) is 4.79 Å². The molecule has 1 saturated heterocycles. The third-order valence-electron chi connectivity index (χ3n) is 4.73. The van der Waals surface area contributed by atoms with Gasteiger partial charge >= 0.3 is 0 Å². The average Bonchev–Trinajstić information content (AvgIpc) is 2.54. The van der Waals surface area contributed by atoms with Crippen molar-refractivity contribution in [1.29, 1.82) is 0 Å². The predicted molar refractivity (Wildman–Crippen MR) is 84.1 cm³/mol. The van der Waals surface area contributed by atoms with Crippen molar-refractivity contribution in [3.05, 3.63) is 35.4 Å². The van der Waals surface area contributed by atoms with Gasteiger partial charge in [-0.25, -0.2) is 0 Å². The molecule has 0 aromatic heterocycles. The molecule has 2 aliphatic rings. The van der Waals surface area contributed by atoms with E-state index in [-0.39, 0.29) is 11.9 Å². The Hall–Kier alpha value is -1.39. The lowest BCUT2D eigenvalue weighted by atomic mass is 9.98. The normalized spacial score (nSPS) is 24.1. The Morgan fingerprint density at radius 2 is 2.19 bits per heavy atom. The first-order valence-corrected chi connectivity index (χ1v) is 8.06. The third-order valence-corrected chi connectivity index (χ3v) is 4.73. The smallest absolute Gasteiger partial charge is 0.237 e. The summed E-state index contributed by atoms with van der Waals surface area (Å²) in [7, 11) is 0. The summed E-state index contributed by atoms with van der Waals surface area (Å²) in [4.78, 5) is 14.7. The van der Waals surface area contributed by atoms with Gasteiger partial charge in [0.15, 0.2) is 0 Å². The van der Waals surface area contributed by atoms with E-state index in [2.05, 4.69) is 39.8 Å². The second kappa shape index (κ2) is 6.58. The fraction of sp³-hybridized carbons (Fsp3) is 0.588. The van der Waals surface area contributed by atoms with E-state index in [1.807, 2.05) is 6.92 Å². The molecule has 4 nitrogen and oxygen atoms in total. The highest BCUT2D eigenvalue weighted by molar-refractivity contribution is 5.81. The fourth-order valence-corrected chi connectivity index (χ4v) is 3.31. The summed E-state index contributed by atoms with van der Waals surface area (Å²) in [5.74, 6) is 0.170. The summed E-state index contributed by atoms with van der Waals surface area (Å²) in [6, 6.07) is 8.80. The maximum absolute atomic E-state index is 12.4. The van der Waals surface area contributed by atoms with Crippen molar-refractivity contribution in [2.45, 2.75) is 44.8 Å². The van der Waals surface area contributed by atoms with Crippen LogP contribution in [0.5, 0.6) is 0 Å². The van der Waals surface area contributed by atoms with E-state index in [4.69, 9.17) is 0 Å². The average molecular weight is 287 g/mol. The number of hydrogen-bond acceptors (Lipinski definition) is 3. The van der Waals surface area contributed by atoms with E-state index in [1.165, 1.54) is 11.1 Å². The molecule has 1 fully saturated rings. The van der Waals surface area contributed by atoms with Crippen LogP contribution in [0.15, 0.2) is 24.3 Å². The van der Waals surface area contributed by atoms with Crippen LogP contribution in [-0.2, 0) is 17.8 Å². The zero-order valence-corrected chi connectivity index (χ0v) is 12.8. The number of nitrogens with one attached hydrogen (secondary N) is 2. The van der Waals surface area contributed by atoms with Gasteiger partial charge in [0.1, 0.15) is 0 Å². The lowest BCUT2D eigenvalue weighted by Crippen LogP contribution is -2.52. The quantitative estimate of drug-likeness (QED) is 0.881. The molecule has 2 atom stereocenters. The van der Waals surface area contributed by atoms with E-state index in [1.54, 1.807) is 0 Å². The van der Waals surface area contributed by atoms with E-state index >= 15 is 0 Å². The molecule has 0 saturated carbocycles. The number of rotatable bonds is 3. The number of hydrogen-bond donors (Lipinski definition) is 2. The number of carbonyl (C=O) groups excluding carboxylic acids is 1. The molecule has 2 aliphatic heterocycles. The highest BCUT2D eigenvalue weighted by Crippen LogP contribution is 2.20. The Morgan fingerprint density at radius 1 is 1.38 bits per heavy atom. The minimum absolute atomic E-state index is 0.0553. The maximum Gasteiger partial charge on any atom is 0.237 e. The van der Waals surface area contributed by atoms with Crippen LogP contribution in [0.2, 0.25) is 0 Å². The van der Waals surface area contributed by atoms with E-state index in [0.717, 1.165) is 45.4 Å². The first-order chi connectivity index (χ1) is 10.2. The molecule has 0 aliphatic carbocycles. The minimum Gasteiger partial charge on any atom is -0.351 e. The summed E-state index contributed by atoms with van der Waals surface area (Å²) in [5, 5.41) is 6.54. The highest BCUT2D eigenvalue weighted by Gasteiger charge is 2.26. The van der Waals surface area contributed by atoms with Gasteiger partial charge in [-0.3, -0.25) is 9.69 Å². The van der Waals surface area contributed by atoms with Crippen molar-refractivity contribution >= 4 is 5.91 Å². The number of nitrogens with zero attached hydrogens (tertiary/aromatic N) is 1. The number of amides is 1. The lowest BCUT2D eigenvalue weighted by Gasteiger charge is -2.34. The van der Waals surface area contributed by atoms with Gasteiger partial charge in [0, 0.05) is 25.7 Å². The second-order valence-corrected chi connectivity index (χ2v) is 6.22. The van der Waals surface area contributed by atoms with Crippen LogP contribution >= 0.6 is 0 Å². The fourth-order valence-electron chi connectivity index (χ4n) is 3.31. The molecule has 0 radical (unpaired) electrons. The topological polar surface area (TPSA) is 44.4 Å². The van der Waals surface area contributed by atoms with Crippen LogP contribution in [0.4, 0.5) is 0 Å². The molecular formula is C17H25N3O. The molecule has 2 unspecified atom stereocenters. The Kier molecular flexibility index (Phi) is 4.56. The molecule has 3 rings (SSSR count). The number of piperidine rings is 1. The van der Waals surface area contributed by atoms with Gasteiger partial charge in [-0.05, 0) is 43.9 Å². The Balaban J connectivity index is 1.58. The lowest BCUT2D eigenvalue weighted by molar-refractivity contribution is -0.127. The summed E-state index contributed by atoms with van der Waals surface area (Å²) < 4.78 is 0. The second-order valence-electron chi connectivity index (χ2n) is 6.22. The SMILES string of the molecule is CC(C(=O)NC1CCCNC1)N1CCc2ccccc2C1. The third kappa shape index (κ3) is 3.44. The van der Waals surface area contributed by atoms with Crippen LogP contribution in [0.1, 0.15) is 30.9 Å². The van der Waals surface area contributed by atoms with Gasteiger partial charge in [0.05, 0.1) is 6.04 Å². The van der Waals surface area contributed by atoms with Crippen LogP contribution in [0.3, 0.4) is 0 Å². The van der Waals surface area contributed by atoms with Crippen molar-refractivity contribution in [2.75, 3.05) is 19.6 Å². The van der Waals surface area contributed by atoms with Crippen LogP contribution in [0, 0.1) is 0 Å². The zero-order chi connectivity index (χ0) is 14.7. The highest BCUT2D eigenvalue weighted by atomic mass is 16.2. The first-order valence-electron chi connectivity index (χ1n) is 8.06. The molecule has 1 aromatic carbocycles. The van der Waals surface area contributed by atoms with Crippen LogP contribution < -0.4 is 10.6 Å². The van der Waals surface area contributed by atoms with E-state index in [0.29, 0.717) is 6.04 Å². The Labute approximate surface area is 126 Å². The molecule has 1 amide bonds. The predicted octanol–water partition coefficient (Wildman–Crippen LogP) is 1.30. The van der Waals surface area contributed by atoms with Crippen molar-refractivity contribution in [1.82, 2.24) is 15.5 Å². The minimum atomic E-state index is -0.0553. The monoisotopic (exact) mass is 287 g/mol. The van der Waals surface area contributed by atoms with Crippen LogP contribution in [0.25, 0.3) is 0 Å². The molecular weight excluding hydrogens is 262 g/mol. The van der Waals surface area contributed by atoms with Crippen molar-refractivity contribution in [2.24, 2.45) is 0 Å². The molecule has 2 heterocycles. The van der Waals surface area contributed by atoms with Gasteiger partial charge < -0.3 is 10.6 Å². The van der Waals surface area contributed by atoms with Crippen molar-refractivity contribution in [3.8, 4) is 0 Å². The molecule has 4 heteroatoms. The number of fused-ring (bicyclic) bond motifs is 1. The van der Waals surface area contributed by atoms with Crippen LogP contribution in [-0.4, -0.2) is 42.5 Å².